The van der Waals surface area contributed by atoms with Gasteiger partial charge >= 0.3 is 0 Å². The molecular formula is C11H16N4O2S. The van der Waals surface area contributed by atoms with E-state index in [0.29, 0.717) is 25.3 Å². The Morgan fingerprint density at radius 3 is 2.72 bits per heavy atom. The van der Waals surface area contributed by atoms with Crippen LogP contribution in [0, 0.1) is 5.41 Å². The summed E-state index contributed by atoms with van der Waals surface area (Å²) in [4.78, 5) is 6.07. The van der Waals surface area contributed by atoms with Crippen LogP contribution in [-0.4, -0.2) is 48.7 Å². The van der Waals surface area contributed by atoms with Crippen LogP contribution in [0.2, 0.25) is 0 Å². The molecule has 1 aliphatic rings. The Balaban J connectivity index is 2.02. The lowest BCUT2D eigenvalue weighted by atomic mass is 10.2. The minimum absolute atomic E-state index is 0.0573. The van der Waals surface area contributed by atoms with Gasteiger partial charge in [0.15, 0.2) is 9.84 Å². The third-order valence-corrected chi connectivity index (χ3v) is 4.55. The summed E-state index contributed by atoms with van der Waals surface area (Å²) in [7, 11) is -2.84. The predicted octanol–water partition coefficient (Wildman–Crippen LogP) is -0.404. The molecule has 6 nitrogen and oxygen atoms in total. The van der Waals surface area contributed by atoms with Crippen molar-refractivity contribution in [1.29, 1.82) is 5.41 Å². The normalized spacial score (nSPS) is 19.6. The van der Waals surface area contributed by atoms with Gasteiger partial charge in [0.05, 0.1) is 11.5 Å². The molecule has 0 aromatic carbocycles. The number of sulfone groups is 1. The highest BCUT2D eigenvalue weighted by Crippen LogP contribution is 2.10. The molecule has 0 amide bonds. The van der Waals surface area contributed by atoms with Crippen LogP contribution in [0.5, 0.6) is 0 Å². The Hall–Kier alpha value is -1.47. The molecule has 1 aromatic heterocycles. The van der Waals surface area contributed by atoms with Crippen LogP contribution in [0.15, 0.2) is 18.3 Å². The van der Waals surface area contributed by atoms with Gasteiger partial charge in [-0.1, -0.05) is 0 Å². The van der Waals surface area contributed by atoms with Gasteiger partial charge < -0.3 is 5.73 Å². The Bertz CT molecular complexity index is 542. The summed E-state index contributed by atoms with van der Waals surface area (Å²) < 4.78 is 22.6. The molecular weight excluding hydrogens is 252 g/mol. The molecule has 0 bridgehead atoms. The number of nitrogens with one attached hydrogen (secondary N) is 1. The van der Waals surface area contributed by atoms with Crippen molar-refractivity contribution in [1.82, 2.24) is 9.88 Å². The van der Waals surface area contributed by atoms with Crippen molar-refractivity contribution >= 4 is 15.7 Å². The Kier molecular flexibility index (Phi) is 3.63. The molecule has 3 N–H and O–H groups in total. The van der Waals surface area contributed by atoms with Gasteiger partial charge in [0, 0.05) is 25.8 Å². The summed E-state index contributed by atoms with van der Waals surface area (Å²) in [6.45, 7) is 1.78. The van der Waals surface area contributed by atoms with E-state index in [1.807, 2.05) is 6.07 Å². The van der Waals surface area contributed by atoms with Crippen LogP contribution in [0.25, 0.3) is 0 Å². The molecule has 0 saturated carbocycles. The molecule has 1 fully saturated rings. The Morgan fingerprint density at radius 1 is 1.44 bits per heavy atom. The largest absolute Gasteiger partial charge is 0.382 e. The van der Waals surface area contributed by atoms with E-state index >= 15 is 0 Å². The molecule has 0 spiro atoms. The number of rotatable bonds is 3. The second kappa shape index (κ2) is 5.03. The van der Waals surface area contributed by atoms with Crippen molar-refractivity contribution in [2.24, 2.45) is 5.73 Å². The van der Waals surface area contributed by atoms with Crippen LogP contribution >= 0.6 is 0 Å². The fraction of sp³-hybridized carbons (Fsp3) is 0.455. The fourth-order valence-corrected chi connectivity index (χ4v) is 3.16. The van der Waals surface area contributed by atoms with Gasteiger partial charge in [-0.2, -0.15) is 0 Å². The van der Waals surface area contributed by atoms with Crippen molar-refractivity contribution in [2.75, 3.05) is 24.6 Å². The van der Waals surface area contributed by atoms with Gasteiger partial charge in [-0.3, -0.25) is 15.3 Å². The molecule has 0 aliphatic carbocycles. The van der Waals surface area contributed by atoms with E-state index in [1.165, 1.54) is 0 Å². The fourth-order valence-electron chi connectivity index (χ4n) is 1.89. The highest BCUT2D eigenvalue weighted by atomic mass is 32.2. The molecule has 0 radical (unpaired) electrons. The van der Waals surface area contributed by atoms with E-state index in [4.69, 9.17) is 11.1 Å². The van der Waals surface area contributed by atoms with Gasteiger partial charge in [0.2, 0.25) is 0 Å². The average Bonchev–Trinajstić information content (AvgIpc) is 2.32. The number of hydrogen-bond donors (Lipinski definition) is 2. The first-order chi connectivity index (χ1) is 8.46. The molecule has 2 heterocycles. The standard InChI is InChI=1S/C11H16N4O2S/c12-11(13)10-7-9(1-2-14-10)8-15-3-5-18(16,17)6-4-15/h1-2,7H,3-6,8H2,(H3,12,13). The van der Waals surface area contributed by atoms with E-state index in [-0.39, 0.29) is 17.3 Å². The lowest BCUT2D eigenvalue weighted by Gasteiger charge is -2.26. The third kappa shape index (κ3) is 3.27. The molecule has 2 rings (SSSR count). The molecule has 1 saturated heterocycles. The predicted molar refractivity (Wildman–Crippen MR) is 69.2 cm³/mol. The highest BCUT2D eigenvalue weighted by molar-refractivity contribution is 7.91. The molecule has 1 aromatic rings. The Morgan fingerprint density at radius 2 is 2.11 bits per heavy atom. The van der Waals surface area contributed by atoms with Crippen molar-refractivity contribution < 1.29 is 8.42 Å². The van der Waals surface area contributed by atoms with E-state index in [0.717, 1.165) is 5.56 Å². The maximum Gasteiger partial charge on any atom is 0.152 e. The lowest BCUT2D eigenvalue weighted by molar-refractivity contribution is 0.287. The van der Waals surface area contributed by atoms with Crippen LogP contribution in [0.4, 0.5) is 0 Å². The maximum absolute atomic E-state index is 11.3. The molecule has 98 valence electrons. The Labute approximate surface area is 106 Å². The van der Waals surface area contributed by atoms with Crippen molar-refractivity contribution in [3.63, 3.8) is 0 Å². The first-order valence-electron chi connectivity index (χ1n) is 5.68. The number of nitrogen functional groups attached to an aromatic ring is 1. The minimum atomic E-state index is -2.84. The smallest absolute Gasteiger partial charge is 0.152 e. The number of amidine groups is 1. The summed E-state index contributed by atoms with van der Waals surface area (Å²) in [5.41, 5.74) is 6.83. The maximum atomic E-state index is 11.3. The SMILES string of the molecule is N=C(N)c1cc(CN2CCS(=O)(=O)CC2)ccn1. The van der Waals surface area contributed by atoms with Crippen LogP contribution < -0.4 is 5.73 Å². The molecule has 18 heavy (non-hydrogen) atoms. The first kappa shape index (κ1) is 13.0. The van der Waals surface area contributed by atoms with Gasteiger partial charge in [0.25, 0.3) is 0 Å². The molecule has 0 unspecified atom stereocenters. The van der Waals surface area contributed by atoms with E-state index < -0.39 is 9.84 Å². The van der Waals surface area contributed by atoms with Gasteiger partial charge in [-0.15, -0.1) is 0 Å². The first-order valence-corrected chi connectivity index (χ1v) is 7.50. The van der Waals surface area contributed by atoms with Crippen LogP contribution in [0.1, 0.15) is 11.3 Å². The number of nitrogens with zero attached hydrogens (tertiary/aromatic N) is 2. The zero-order valence-electron chi connectivity index (χ0n) is 9.96. The zero-order valence-corrected chi connectivity index (χ0v) is 10.8. The second-order valence-electron chi connectivity index (χ2n) is 4.39. The lowest BCUT2D eigenvalue weighted by Crippen LogP contribution is -2.39. The van der Waals surface area contributed by atoms with E-state index in [2.05, 4.69) is 9.88 Å². The second-order valence-corrected chi connectivity index (χ2v) is 6.69. The molecule has 7 heteroatoms. The average molecular weight is 268 g/mol. The summed E-state index contributed by atoms with van der Waals surface area (Å²) in [6.07, 6.45) is 1.62. The minimum Gasteiger partial charge on any atom is -0.382 e. The highest BCUT2D eigenvalue weighted by Gasteiger charge is 2.21. The topological polar surface area (TPSA) is 100 Å². The number of pyridine rings is 1. The number of nitrogens with two attached hydrogens (primary N) is 1. The quantitative estimate of drug-likeness (QED) is 0.573. The van der Waals surface area contributed by atoms with Gasteiger partial charge in [0.1, 0.15) is 11.5 Å². The van der Waals surface area contributed by atoms with Gasteiger partial charge in [-0.25, -0.2) is 8.42 Å². The third-order valence-electron chi connectivity index (χ3n) is 2.94. The summed E-state index contributed by atoms with van der Waals surface area (Å²) in [5.74, 6) is 0.382. The zero-order chi connectivity index (χ0) is 13.2. The molecule has 1 aliphatic heterocycles. The van der Waals surface area contributed by atoms with E-state index in [1.54, 1.807) is 12.3 Å². The number of hydrogen-bond acceptors (Lipinski definition) is 5. The van der Waals surface area contributed by atoms with Gasteiger partial charge in [-0.05, 0) is 17.7 Å². The van der Waals surface area contributed by atoms with Crippen molar-refractivity contribution in [3.05, 3.63) is 29.6 Å². The summed E-state index contributed by atoms with van der Waals surface area (Å²) >= 11 is 0. The van der Waals surface area contributed by atoms with Crippen LogP contribution in [0.3, 0.4) is 0 Å². The monoisotopic (exact) mass is 268 g/mol. The van der Waals surface area contributed by atoms with E-state index in [9.17, 15) is 8.42 Å². The summed E-state index contributed by atoms with van der Waals surface area (Å²) in [5, 5.41) is 7.33. The van der Waals surface area contributed by atoms with Crippen LogP contribution in [-0.2, 0) is 16.4 Å². The summed E-state index contributed by atoms with van der Waals surface area (Å²) in [6, 6.07) is 3.63. The van der Waals surface area contributed by atoms with Crippen molar-refractivity contribution in [3.8, 4) is 0 Å². The van der Waals surface area contributed by atoms with Crippen molar-refractivity contribution in [2.45, 2.75) is 6.54 Å². The molecule has 0 atom stereocenters. The number of aromatic nitrogens is 1.